The lowest BCUT2D eigenvalue weighted by molar-refractivity contribution is 0.0411. The molecule has 7 nitrogen and oxygen atoms in total. The number of alkyl carbamates (subject to hydrolysis) is 1. The number of rotatable bonds is 11. The summed E-state index contributed by atoms with van der Waals surface area (Å²) in [6, 6.07) is 11.8. The summed E-state index contributed by atoms with van der Waals surface area (Å²) in [4.78, 5) is 24.5. The van der Waals surface area contributed by atoms with E-state index >= 15 is 0 Å². The Hall–Kier alpha value is -2.64. The van der Waals surface area contributed by atoms with Gasteiger partial charge >= 0.3 is 6.09 Å². The van der Waals surface area contributed by atoms with Crippen molar-refractivity contribution in [2.75, 3.05) is 51.5 Å². The van der Waals surface area contributed by atoms with Crippen LogP contribution in [0.2, 0.25) is 0 Å². The van der Waals surface area contributed by atoms with Crippen molar-refractivity contribution in [2.45, 2.75) is 26.4 Å². The van der Waals surface area contributed by atoms with E-state index < -0.39 is 11.7 Å². The molecule has 0 aliphatic carbocycles. The van der Waals surface area contributed by atoms with E-state index in [1.54, 1.807) is 0 Å². The van der Waals surface area contributed by atoms with Crippen molar-refractivity contribution in [3.05, 3.63) is 42.0 Å². The lowest BCUT2D eigenvalue weighted by Gasteiger charge is -2.20. The van der Waals surface area contributed by atoms with Crippen LogP contribution in [0.4, 0.5) is 10.5 Å². The molecule has 2 aromatic carbocycles. The molecule has 1 N–H and O–H groups in total. The maximum Gasteiger partial charge on any atom is 0.407 e. The van der Waals surface area contributed by atoms with Gasteiger partial charge in [0.1, 0.15) is 11.9 Å². The average molecular weight is 417 g/mol. The number of amides is 1. The standard InChI is InChI=1S/C23H32N2O5/c1-23(2,3)30-22(27)24-9-11-28-13-14-29-12-10-25(4)21-8-7-19-15-18(17-26)5-6-20(19)16-21/h5-8,15-17H,9-14H2,1-4H3,(H,24,27). The Labute approximate surface area is 178 Å². The molecule has 2 aromatic rings. The smallest absolute Gasteiger partial charge is 0.407 e. The van der Waals surface area contributed by atoms with Gasteiger partial charge in [0.05, 0.1) is 26.4 Å². The number of nitrogens with one attached hydrogen (secondary N) is 1. The van der Waals surface area contributed by atoms with Crippen LogP contribution in [0, 0.1) is 0 Å². The van der Waals surface area contributed by atoms with Crippen LogP contribution >= 0.6 is 0 Å². The summed E-state index contributed by atoms with van der Waals surface area (Å²) in [5, 5.41) is 4.79. The van der Waals surface area contributed by atoms with Gasteiger partial charge in [-0.15, -0.1) is 0 Å². The monoisotopic (exact) mass is 416 g/mol. The molecule has 0 fully saturated rings. The molecular weight excluding hydrogens is 384 g/mol. The average Bonchev–Trinajstić information content (AvgIpc) is 2.70. The molecule has 0 heterocycles. The van der Waals surface area contributed by atoms with Crippen LogP contribution in [0.3, 0.4) is 0 Å². The third-order valence-corrected chi connectivity index (χ3v) is 4.28. The Morgan fingerprint density at radius 2 is 1.67 bits per heavy atom. The van der Waals surface area contributed by atoms with Crippen LogP contribution in [0.1, 0.15) is 31.1 Å². The van der Waals surface area contributed by atoms with E-state index in [0.717, 1.165) is 29.3 Å². The maximum atomic E-state index is 11.5. The van der Waals surface area contributed by atoms with Crippen molar-refractivity contribution >= 4 is 28.8 Å². The Morgan fingerprint density at radius 1 is 1.00 bits per heavy atom. The molecule has 0 bridgehead atoms. The number of nitrogens with zero attached hydrogens (tertiary/aromatic N) is 1. The predicted molar refractivity (Wildman–Crippen MR) is 118 cm³/mol. The van der Waals surface area contributed by atoms with Gasteiger partial charge in [-0.25, -0.2) is 4.79 Å². The summed E-state index contributed by atoms with van der Waals surface area (Å²) in [6.07, 6.45) is 0.418. The third-order valence-electron chi connectivity index (χ3n) is 4.28. The summed E-state index contributed by atoms with van der Waals surface area (Å²) >= 11 is 0. The van der Waals surface area contributed by atoms with Crippen molar-refractivity contribution in [3.63, 3.8) is 0 Å². The van der Waals surface area contributed by atoms with Crippen LogP contribution in [0.25, 0.3) is 10.8 Å². The lowest BCUT2D eigenvalue weighted by Crippen LogP contribution is -2.34. The minimum atomic E-state index is -0.501. The molecule has 0 atom stereocenters. The van der Waals surface area contributed by atoms with Gasteiger partial charge in [0.15, 0.2) is 0 Å². The van der Waals surface area contributed by atoms with E-state index in [2.05, 4.69) is 16.3 Å². The SMILES string of the molecule is CN(CCOCCOCCNC(=O)OC(C)(C)C)c1ccc2cc(C=O)ccc2c1. The molecule has 164 valence electrons. The summed E-state index contributed by atoms with van der Waals surface area (Å²) in [6.45, 7) is 8.56. The van der Waals surface area contributed by atoms with Gasteiger partial charge in [-0.05, 0) is 49.7 Å². The van der Waals surface area contributed by atoms with E-state index in [1.165, 1.54) is 0 Å². The highest BCUT2D eigenvalue weighted by atomic mass is 16.6. The second-order valence-electron chi connectivity index (χ2n) is 7.98. The first kappa shape index (κ1) is 23.6. The van der Waals surface area contributed by atoms with Crippen molar-refractivity contribution in [3.8, 4) is 0 Å². The molecule has 0 spiro atoms. The minimum absolute atomic E-state index is 0.397. The number of aldehydes is 1. The molecule has 2 rings (SSSR count). The highest BCUT2D eigenvalue weighted by Crippen LogP contribution is 2.22. The topological polar surface area (TPSA) is 77.1 Å². The molecule has 7 heteroatoms. The lowest BCUT2D eigenvalue weighted by atomic mass is 10.1. The summed E-state index contributed by atoms with van der Waals surface area (Å²) in [7, 11) is 2.02. The van der Waals surface area contributed by atoms with Crippen molar-refractivity contribution in [2.24, 2.45) is 0 Å². The first-order valence-corrected chi connectivity index (χ1v) is 10.1. The molecule has 0 aliphatic heterocycles. The third kappa shape index (κ3) is 8.39. The van der Waals surface area contributed by atoms with Crippen LogP contribution in [0.15, 0.2) is 36.4 Å². The molecule has 0 aromatic heterocycles. The van der Waals surface area contributed by atoms with Gasteiger partial charge in [0.2, 0.25) is 0 Å². The Balaban J connectivity index is 1.58. The maximum absolute atomic E-state index is 11.5. The normalized spacial score (nSPS) is 11.3. The Bertz CT molecular complexity index is 832. The van der Waals surface area contributed by atoms with Crippen LogP contribution < -0.4 is 10.2 Å². The number of benzene rings is 2. The highest BCUT2D eigenvalue weighted by molar-refractivity contribution is 5.90. The first-order chi connectivity index (χ1) is 14.3. The fraction of sp³-hybridized carbons (Fsp3) is 0.478. The number of hydrogen-bond donors (Lipinski definition) is 1. The van der Waals surface area contributed by atoms with Crippen molar-refractivity contribution < 1.29 is 23.8 Å². The highest BCUT2D eigenvalue weighted by Gasteiger charge is 2.15. The van der Waals surface area contributed by atoms with Gasteiger partial charge in [0, 0.05) is 31.4 Å². The van der Waals surface area contributed by atoms with Crippen molar-refractivity contribution in [1.29, 1.82) is 0 Å². The number of carbonyl (C=O) groups is 2. The van der Waals surface area contributed by atoms with Gasteiger partial charge in [-0.3, -0.25) is 4.79 Å². The van der Waals surface area contributed by atoms with Crippen LogP contribution in [-0.2, 0) is 14.2 Å². The van der Waals surface area contributed by atoms with Crippen molar-refractivity contribution in [1.82, 2.24) is 5.32 Å². The number of hydrogen-bond acceptors (Lipinski definition) is 6. The van der Waals surface area contributed by atoms with E-state index in [9.17, 15) is 9.59 Å². The molecule has 0 saturated carbocycles. The summed E-state index contributed by atoms with van der Waals surface area (Å²) < 4.78 is 16.2. The zero-order valence-electron chi connectivity index (χ0n) is 18.3. The Kier molecular flexibility index (Phi) is 9.08. The van der Waals surface area contributed by atoms with E-state index in [0.29, 0.717) is 38.5 Å². The molecule has 0 unspecified atom stereocenters. The second kappa shape index (κ2) is 11.5. The zero-order valence-corrected chi connectivity index (χ0v) is 18.3. The van der Waals surface area contributed by atoms with E-state index in [4.69, 9.17) is 14.2 Å². The van der Waals surface area contributed by atoms with E-state index in [-0.39, 0.29) is 0 Å². The summed E-state index contributed by atoms with van der Waals surface area (Å²) in [5.41, 5.74) is 1.27. The van der Waals surface area contributed by atoms with E-state index in [1.807, 2.05) is 58.2 Å². The quantitative estimate of drug-likeness (QED) is 0.445. The second-order valence-corrected chi connectivity index (χ2v) is 7.98. The minimum Gasteiger partial charge on any atom is -0.444 e. The largest absolute Gasteiger partial charge is 0.444 e. The number of fused-ring (bicyclic) bond motifs is 1. The van der Waals surface area contributed by atoms with Crippen LogP contribution in [0.5, 0.6) is 0 Å². The summed E-state index contributed by atoms with van der Waals surface area (Å²) in [5.74, 6) is 0. The molecule has 0 aliphatic rings. The van der Waals surface area contributed by atoms with Gasteiger partial charge in [-0.1, -0.05) is 18.2 Å². The Morgan fingerprint density at radius 3 is 2.37 bits per heavy atom. The van der Waals surface area contributed by atoms with Gasteiger partial charge in [-0.2, -0.15) is 0 Å². The number of anilines is 1. The molecule has 30 heavy (non-hydrogen) atoms. The predicted octanol–water partition coefficient (Wildman–Crippen LogP) is 3.65. The number of likely N-dealkylation sites (N-methyl/N-ethyl adjacent to an activating group) is 1. The molecule has 1 amide bonds. The fourth-order valence-electron chi connectivity index (χ4n) is 2.75. The molecule has 0 radical (unpaired) electrons. The number of ether oxygens (including phenoxy) is 3. The fourth-order valence-corrected chi connectivity index (χ4v) is 2.75. The molecular formula is C23H32N2O5. The molecule has 0 saturated heterocycles. The number of carbonyl (C=O) groups excluding carboxylic acids is 2. The first-order valence-electron chi connectivity index (χ1n) is 10.1. The van der Waals surface area contributed by atoms with Crippen LogP contribution in [-0.4, -0.2) is 64.5 Å². The van der Waals surface area contributed by atoms with Gasteiger partial charge in [0.25, 0.3) is 0 Å². The van der Waals surface area contributed by atoms with Gasteiger partial charge < -0.3 is 24.4 Å². The zero-order chi connectivity index (χ0) is 22.0.